The van der Waals surface area contributed by atoms with Crippen molar-refractivity contribution in [3.8, 4) is 0 Å². The first kappa shape index (κ1) is 21.2. The molecular formula is C20H19F3N4O3. The molecule has 158 valence electrons. The largest absolute Gasteiger partial charge is 0.462 e. The van der Waals surface area contributed by atoms with E-state index >= 15 is 0 Å². The molecule has 0 fully saturated rings. The van der Waals surface area contributed by atoms with Crippen LogP contribution in [0.2, 0.25) is 0 Å². The van der Waals surface area contributed by atoms with Gasteiger partial charge < -0.3 is 19.9 Å². The number of nitrogens with one attached hydrogen (secondary N) is 2. The van der Waals surface area contributed by atoms with E-state index in [1.165, 1.54) is 30.3 Å². The highest BCUT2D eigenvalue weighted by molar-refractivity contribution is 5.92. The third kappa shape index (κ3) is 4.88. The number of benzene rings is 2. The van der Waals surface area contributed by atoms with Gasteiger partial charge in [-0.2, -0.15) is 13.2 Å². The molecule has 0 aliphatic rings. The number of esters is 1. The minimum atomic E-state index is -4.61. The Morgan fingerprint density at radius 2 is 1.80 bits per heavy atom. The second-order valence-electron chi connectivity index (χ2n) is 6.25. The van der Waals surface area contributed by atoms with Crippen LogP contribution in [0.15, 0.2) is 48.5 Å². The molecule has 0 unspecified atom stereocenters. The Bertz CT molecular complexity index is 1050. The molecule has 7 nitrogen and oxygen atoms in total. The zero-order chi connectivity index (χ0) is 21.7. The Hall–Kier alpha value is -3.56. The van der Waals surface area contributed by atoms with Crippen molar-refractivity contribution in [1.82, 2.24) is 14.9 Å². The van der Waals surface area contributed by atoms with E-state index in [4.69, 9.17) is 4.74 Å². The van der Waals surface area contributed by atoms with E-state index in [1.54, 1.807) is 25.1 Å². The van der Waals surface area contributed by atoms with Gasteiger partial charge in [0.25, 0.3) is 0 Å². The Labute approximate surface area is 169 Å². The molecule has 3 rings (SSSR count). The Kier molecular flexibility index (Phi) is 6.24. The first-order chi connectivity index (χ1) is 14.3. The van der Waals surface area contributed by atoms with E-state index in [-0.39, 0.29) is 25.2 Å². The maximum atomic E-state index is 13.3. The average molecular weight is 420 g/mol. The first-order valence-corrected chi connectivity index (χ1v) is 9.14. The summed E-state index contributed by atoms with van der Waals surface area (Å²) in [5.74, 6) is -1.48. The first-order valence-electron chi connectivity index (χ1n) is 9.14. The lowest BCUT2D eigenvalue weighted by atomic mass is 10.2. The molecule has 0 bridgehead atoms. The van der Waals surface area contributed by atoms with Gasteiger partial charge in [-0.3, -0.25) is 0 Å². The maximum absolute atomic E-state index is 13.3. The quantitative estimate of drug-likeness (QED) is 0.589. The molecule has 2 aromatic carbocycles. The highest BCUT2D eigenvalue weighted by atomic mass is 19.4. The number of nitrogens with zero attached hydrogens (tertiary/aromatic N) is 2. The number of amides is 2. The minimum absolute atomic E-state index is 0.0455. The van der Waals surface area contributed by atoms with E-state index < -0.39 is 24.0 Å². The van der Waals surface area contributed by atoms with Crippen LogP contribution in [-0.2, 0) is 17.5 Å². The fraction of sp³-hybridized carbons (Fsp3) is 0.250. The number of carbonyl (C=O) groups excluding carboxylic acids is 2. The molecule has 0 atom stereocenters. The summed E-state index contributed by atoms with van der Waals surface area (Å²) >= 11 is 0. The number of urea groups is 1. The van der Waals surface area contributed by atoms with Gasteiger partial charge in [-0.15, -0.1) is 0 Å². The van der Waals surface area contributed by atoms with Crippen LogP contribution < -0.4 is 10.6 Å². The number of halogens is 3. The second-order valence-corrected chi connectivity index (χ2v) is 6.25. The predicted molar refractivity (Wildman–Crippen MR) is 104 cm³/mol. The molecule has 2 N–H and O–H groups in total. The number of aromatic nitrogens is 2. The lowest BCUT2D eigenvalue weighted by Crippen LogP contribution is -2.32. The number of ether oxygens (including phenoxy) is 1. The van der Waals surface area contributed by atoms with Crippen LogP contribution in [0.4, 0.5) is 23.7 Å². The van der Waals surface area contributed by atoms with E-state index in [1.807, 2.05) is 0 Å². The zero-order valence-electron chi connectivity index (χ0n) is 16.0. The number of fused-ring (bicyclic) bond motifs is 1. The third-order valence-electron chi connectivity index (χ3n) is 4.18. The van der Waals surface area contributed by atoms with E-state index in [9.17, 15) is 22.8 Å². The van der Waals surface area contributed by atoms with Gasteiger partial charge in [0.05, 0.1) is 23.2 Å². The molecule has 0 aliphatic carbocycles. The number of imidazole rings is 1. The Morgan fingerprint density at radius 1 is 1.10 bits per heavy atom. The Morgan fingerprint density at radius 3 is 2.47 bits per heavy atom. The smallest absolute Gasteiger partial charge is 0.449 e. The maximum Gasteiger partial charge on any atom is 0.449 e. The van der Waals surface area contributed by atoms with Crippen molar-refractivity contribution >= 4 is 28.7 Å². The molecule has 2 amide bonds. The number of hydrogen-bond acceptors (Lipinski definition) is 4. The summed E-state index contributed by atoms with van der Waals surface area (Å²) < 4.78 is 45.8. The monoisotopic (exact) mass is 420 g/mol. The lowest BCUT2D eigenvalue weighted by Gasteiger charge is -2.12. The normalized spacial score (nSPS) is 11.3. The van der Waals surface area contributed by atoms with Gasteiger partial charge >= 0.3 is 18.2 Å². The molecule has 30 heavy (non-hydrogen) atoms. The van der Waals surface area contributed by atoms with Crippen LogP contribution in [0.25, 0.3) is 11.0 Å². The van der Waals surface area contributed by atoms with Gasteiger partial charge in [0.2, 0.25) is 5.82 Å². The van der Waals surface area contributed by atoms with Gasteiger partial charge in [0, 0.05) is 18.8 Å². The van der Waals surface area contributed by atoms with Crippen LogP contribution in [0.1, 0.15) is 23.1 Å². The van der Waals surface area contributed by atoms with Crippen LogP contribution in [0, 0.1) is 0 Å². The van der Waals surface area contributed by atoms with Crippen molar-refractivity contribution in [2.24, 2.45) is 0 Å². The summed E-state index contributed by atoms with van der Waals surface area (Å²) in [6.07, 6.45) is -4.61. The minimum Gasteiger partial charge on any atom is -0.462 e. The summed E-state index contributed by atoms with van der Waals surface area (Å²) in [7, 11) is 0. The van der Waals surface area contributed by atoms with E-state index in [2.05, 4.69) is 15.6 Å². The summed E-state index contributed by atoms with van der Waals surface area (Å²) in [4.78, 5) is 27.3. The van der Waals surface area contributed by atoms with Gasteiger partial charge in [-0.05, 0) is 43.3 Å². The summed E-state index contributed by atoms with van der Waals surface area (Å²) in [5.41, 5.74) is 1.33. The van der Waals surface area contributed by atoms with Crippen LogP contribution in [-0.4, -0.2) is 34.7 Å². The highest BCUT2D eigenvalue weighted by Gasteiger charge is 2.37. The fourth-order valence-corrected chi connectivity index (χ4v) is 2.88. The van der Waals surface area contributed by atoms with Crippen molar-refractivity contribution in [2.75, 3.05) is 18.5 Å². The van der Waals surface area contributed by atoms with Gasteiger partial charge in [0.15, 0.2) is 0 Å². The van der Waals surface area contributed by atoms with Crippen LogP contribution >= 0.6 is 0 Å². The molecule has 0 aliphatic heterocycles. The van der Waals surface area contributed by atoms with Crippen LogP contribution in [0.3, 0.4) is 0 Å². The number of anilines is 1. The Balaban J connectivity index is 1.60. The number of hydrogen-bond donors (Lipinski definition) is 2. The molecule has 1 heterocycles. The molecule has 0 radical (unpaired) electrons. The molecule has 10 heteroatoms. The number of para-hydroxylation sites is 2. The van der Waals surface area contributed by atoms with Crippen molar-refractivity contribution in [2.45, 2.75) is 19.6 Å². The van der Waals surface area contributed by atoms with Crippen molar-refractivity contribution in [3.63, 3.8) is 0 Å². The second kappa shape index (κ2) is 8.85. The summed E-state index contributed by atoms with van der Waals surface area (Å²) in [6.45, 7) is 1.80. The molecule has 3 aromatic rings. The van der Waals surface area contributed by atoms with E-state index in [0.29, 0.717) is 16.8 Å². The topological polar surface area (TPSA) is 85.2 Å². The molecule has 0 spiro atoms. The van der Waals surface area contributed by atoms with Gasteiger partial charge in [0.1, 0.15) is 0 Å². The predicted octanol–water partition coefficient (Wildman–Crippen LogP) is 4.05. The zero-order valence-corrected chi connectivity index (χ0v) is 16.0. The average Bonchev–Trinajstić information content (AvgIpc) is 3.08. The lowest BCUT2D eigenvalue weighted by molar-refractivity contribution is -0.146. The summed E-state index contributed by atoms with van der Waals surface area (Å²) in [6, 6.07) is 11.7. The number of rotatable bonds is 6. The van der Waals surface area contributed by atoms with Crippen molar-refractivity contribution in [3.05, 3.63) is 59.9 Å². The SMILES string of the molecule is CCOC(=O)c1ccc(NC(=O)NCCn2c(C(F)(F)F)nc3ccccc32)cc1. The standard InChI is InChI=1S/C20H19F3N4O3/c1-2-30-17(28)13-7-9-14(10-8-13)25-19(29)24-11-12-27-16-6-4-3-5-15(16)26-18(27)20(21,22)23/h3-10H,2,11-12H2,1H3,(H2,24,25,29). The molecular weight excluding hydrogens is 401 g/mol. The number of carbonyl (C=O) groups is 2. The number of alkyl halides is 3. The van der Waals surface area contributed by atoms with Gasteiger partial charge in [-0.1, -0.05) is 12.1 Å². The molecule has 0 saturated heterocycles. The van der Waals surface area contributed by atoms with Crippen molar-refractivity contribution in [1.29, 1.82) is 0 Å². The fourth-order valence-electron chi connectivity index (χ4n) is 2.88. The summed E-state index contributed by atoms with van der Waals surface area (Å²) in [5, 5.41) is 5.07. The highest BCUT2D eigenvalue weighted by Crippen LogP contribution is 2.31. The van der Waals surface area contributed by atoms with Gasteiger partial charge in [-0.25, -0.2) is 14.6 Å². The van der Waals surface area contributed by atoms with Crippen molar-refractivity contribution < 1.29 is 27.5 Å². The van der Waals surface area contributed by atoms with E-state index in [0.717, 1.165) is 4.57 Å². The van der Waals surface area contributed by atoms with Crippen LogP contribution in [0.5, 0.6) is 0 Å². The molecule has 1 aromatic heterocycles. The molecule has 0 saturated carbocycles. The third-order valence-corrected chi connectivity index (χ3v) is 4.18.